The highest BCUT2D eigenvalue weighted by molar-refractivity contribution is 6.11. The number of carboxylic acids is 1. The van der Waals surface area contributed by atoms with Crippen LogP contribution in [0.2, 0.25) is 0 Å². The normalized spacial score (nSPS) is 10.4. The van der Waals surface area contributed by atoms with Crippen molar-refractivity contribution in [3.63, 3.8) is 0 Å². The molecule has 24 heavy (non-hydrogen) atoms. The van der Waals surface area contributed by atoms with Gasteiger partial charge in [-0.05, 0) is 24.3 Å². The Balaban J connectivity index is 2.00. The number of benzene rings is 2. The molecule has 0 aliphatic carbocycles. The van der Waals surface area contributed by atoms with Gasteiger partial charge >= 0.3 is 5.97 Å². The zero-order chi connectivity index (χ0) is 17.1. The van der Waals surface area contributed by atoms with Gasteiger partial charge in [-0.15, -0.1) is 0 Å². The minimum absolute atomic E-state index is 0.0277. The summed E-state index contributed by atoms with van der Waals surface area (Å²) in [7, 11) is 1.59. The fourth-order valence-corrected chi connectivity index (χ4v) is 2.46. The molecule has 0 bridgehead atoms. The molecule has 6 nitrogen and oxygen atoms in total. The zero-order valence-electron chi connectivity index (χ0n) is 13.0. The highest BCUT2D eigenvalue weighted by atomic mass is 16.4. The third-order valence-electron chi connectivity index (χ3n) is 3.66. The van der Waals surface area contributed by atoms with Gasteiger partial charge in [-0.2, -0.15) is 5.10 Å². The number of aromatic nitrogens is 2. The Labute approximate surface area is 138 Å². The van der Waals surface area contributed by atoms with Crippen molar-refractivity contribution in [1.29, 1.82) is 0 Å². The smallest absolute Gasteiger partial charge is 0.336 e. The lowest BCUT2D eigenvalue weighted by atomic mass is 10.1. The summed E-state index contributed by atoms with van der Waals surface area (Å²) in [5, 5.41) is 13.5. The van der Waals surface area contributed by atoms with Gasteiger partial charge in [-0.3, -0.25) is 9.69 Å². The van der Waals surface area contributed by atoms with Crippen molar-refractivity contribution >= 4 is 17.7 Å². The summed E-state index contributed by atoms with van der Waals surface area (Å²) in [6, 6.07) is 17.3. The van der Waals surface area contributed by atoms with Gasteiger partial charge in [0.15, 0.2) is 0 Å². The number of carbonyl (C=O) groups excluding carboxylic acids is 1. The Bertz CT molecular complexity index is 887. The molecule has 0 unspecified atom stereocenters. The lowest BCUT2D eigenvalue weighted by Crippen LogP contribution is -2.29. The Morgan fingerprint density at radius 2 is 1.58 bits per heavy atom. The molecule has 0 atom stereocenters. The molecule has 0 spiro atoms. The fraction of sp³-hybridized carbons (Fsp3) is 0.0556. The molecule has 6 heteroatoms. The maximum absolute atomic E-state index is 12.8. The van der Waals surface area contributed by atoms with E-state index >= 15 is 0 Å². The number of amides is 1. The van der Waals surface area contributed by atoms with Crippen LogP contribution in [0.1, 0.15) is 20.7 Å². The van der Waals surface area contributed by atoms with E-state index in [1.165, 1.54) is 17.0 Å². The Morgan fingerprint density at radius 1 is 0.958 bits per heavy atom. The van der Waals surface area contributed by atoms with Gasteiger partial charge in [0.25, 0.3) is 5.91 Å². The van der Waals surface area contributed by atoms with Crippen LogP contribution in [0.5, 0.6) is 0 Å². The van der Waals surface area contributed by atoms with Crippen LogP contribution in [-0.4, -0.2) is 33.8 Å². The van der Waals surface area contributed by atoms with Crippen molar-refractivity contribution < 1.29 is 14.7 Å². The van der Waals surface area contributed by atoms with Gasteiger partial charge < -0.3 is 5.11 Å². The number of hydrogen-bond acceptors (Lipinski definition) is 3. The second kappa shape index (κ2) is 6.37. The molecule has 0 aliphatic rings. The molecule has 0 saturated carbocycles. The van der Waals surface area contributed by atoms with E-state index in [0.717, 1.165) is 5.69 Å². The Kier molecular flexibility index (Phi) is 4.11. The minimum Gasteiger partial charge on any atom is -0.478 e. The van der Waals surface area contributed by atoms with Crippen molar-refractivity contribution in [1.82, 2.24) is 9.78 Å². The molecular weight excluding hydrogens is 306 g/mol. The van der Waals surface area contributed by atoms with Gasteiger partial charge in [0.1, 0.15) is 5.82 Å². The summed E-state index contributed by atoms with van der Waals surface area (Å²) < 4.78 is 1.63. The lowest BCUT2D eigenvalue weighted by molar-refractivity contribution is 0.0692. The highest BCUT2D eigenvalue weighted by Crippen LogP contribution is 2.21. The van der Waals surface area contributed by atoms with Crippen molar-refractivity contribution in [2.75, 3.05) is 11.9 Å². The van der Waals surface area contributed by atoms with Crippen LogP contribution in [0.3, 0.4) is 0 Å². The van der Waals surface area contributed by atoms with Crippen LogP contribution >= 0.6 is 0 Å². The molecule has 3 aromatic rings. The lowest BCUT2D eigenvalue weighted by Gasteiger charge is -2.19. The van der Waals surface area contributed by atoms with Gasteiger partial charge in [0.2, 0.25) is 0 Å². The van der Waals surface area contributed by atoms with E-state index in [1.807, 2.05) is 30.3 Å². The highest BCUT2D eigenvalue weighted by Gasteiger charge is 2.22. The molecule has 1 aromatic heterocycles. The predicted molar refractivity (Wildman–Crippen MR) is 89.7 cm³/mol. The van der Waals surface area contributed by atoms with Crippen LogP contribution in [0.4, 0.5) is 5.82 Å². The van der Waals surface area contributed by atoms with Gasteiger partial charge in [-0.1, -0.05) is 30.3 Å². The number of para-hydroxylation sites is 1. The largest absolute Gasteiger partial charge is 0.478 e. The standard InChI is InChI=1S/C18H15N3O3/c1-20(17(22)14-9-5-6-10-15(14)18(23)24)16-11-12-19-21(16)13-7-3-2-4-8-13/h2-12H,1H3,(H,23,24). The molecule has 2 aromatic carbocycles. The SMILES string of the molecule is CN(C(=O)c1ccccc1C(=O)O)c1ccnn1-c1ccccc1. The van der Waals surface area contributed by atoms with E-state index in [4.69, 9.17) is 0 Å². The quantitative estimate of drug-likeness (QED) is 0.802. The number of anilines is 1. The van der Waals surface area contributed by atoms with E-state index in [2.05, 4.69) is 5.10 Å². The number of carboxylic acid groups (broad SMARTS) is 1. The summed E-state index contributed by atoms with van der Waals surface area (Å²) in [6.45, 7) is 0. The van der Waals surface area contributed by atoms with Crippen LogP contribution < -0.4 is 4.90 Å². The average molecular weight is 321 g/mol. The van der Waals surface area contributed by atoms with E-state index in [-0.39, 0.29) is 11.1 Å². The molecule has 3 rings (SSSR count). The average Bonchev–Trinajstić information content (AvgIpc) is 3.11. The fourth-order valence-electron chi connectivity index (χ4n) is 2.46. The molecule has 0 saturated heterocycles. The first-order chi connectivity index (χ1) is 11.6. The van der Waals surface area contributed by atoms with Crippen LogP contribution in [0.15, 0.2) is 66.9 Å². The van der Waals surface area contributed by atoms with Crippen LogP contribution in [-0.2, 0) is 0 Å². The molecule has 0 aliphatic heterocycles. The van der Waals surface area contributed by atoms with E-state index in [0.29, 0.717) is 5.82 Å². The summed E-state index contributed by atoms with van der Waals surface area (Å²) in [4.78, 5) is 25.5. The molecular formula is C18H15N3O3. The first kappa shape index (κ1) is 15.5. The summed E-state index contributed by atoms with van der Waals surface area (Å²) in [6.07, 6.45) is 1.59. The topological polar surface area (TPSA) is 75.4 Å². The van der Waals surface area contributed by atoms with E-state index in [9.17, 15) is 14.7 Å². The number of carbonyl (C=O) groups is 2. The number of nitrogens with zero attached hydrogens (tertiary/aromatic N) is 3. The monoisotopic (exact) mass is 321 g/mol. The minimum atomic E-state index is -1.14. The Morgan fingerprint density at radius 3 is 2.25 bits per heavy atom. The van der Waals surface area contributed by atoms with Crippen LogP contribution in [0, 0.1) is 0 Å². The van der Waals surface area contributed by atoms with Crippen molar-refractivity contribution in [3.05, 3.63) is 78.0 Å². The Hall–Kier alpha value is -3.41. The summed E-state index contributed by atoms with van der Waals surface area (Å²) >= 11 is 0. The maximum Gasteiger partial charge on any atom is 0.336 e. The van der Waals surface area contributed by atoms with Crippen LogP contribution in [0.25, 0.3) is 5.69 Å². The van der Waals surface area contributed by atoms with Gasteiger partial charge in [0.05, 0.1) is 23.0 Å². The third kappa shape index (κ3) is 2.77. The molecule has 1 heterocycles. The first-order valence-corrected chi connectivity index (χ1v) is 7.29. The van der Waals surface area contributed by atoms with Gasteiger partial charge in [0, 0.05) is 13.1 Å². The van der Waals surface area contributed by atoms with Crippen molar-refractivity contribution in [2.24, 2.45) is 0 Å². The molecule has 1 amide bonds. The first-order valence-electron chi connectivity index (χ1n) is 7.29. The van der Waals surface area contributed by atoms with Gasteiger partial charge in [-0.25, -0.2) is 9.48 Å². The van der Waals surface area contributed by atoms with E-state index in [1.54, 1.807) is 36.1 Å². The predicted octanol–water partition coefficient (Wildman–Crippen LogP) is 2.85. The number of hydrogen-bond donors (Lipinski definition) is 1. The summed E-state index contributed by atoms with van der Waals surface area (Å²) in [5.74, 6) is -0.999. The zero-order valence-corrected chi connectivity index (χ0v) is 13.0. The molecule has 1 N–H and O–H groups in total. The number of aromatic carboxylic acids is 1. The molecule has 0 radical (unpaired) electrons. The van der Waals surface area contributed by atoms with E-state index < -0.39 is 11.9 Å². The van der Waals surface area contributed by atoms with Crippen molar-refractivity contribution in [3.8, 4) is 5.69 Å². The second-order valence-electron chi connectivity index (χ2n) is 5.15. The second-order valence-corrected chi connectivity index (χ2v) is 5.15. The number of rotatable bonds is 4. The maximum atomic E-state index is 12.8. The van der Waals surface area contributed by atoms with Crippen molar-refractivity contribution in [2.45, 2.75) is 0 Å². The molecule has 0 fully saturated rings. The molecule has 120 valence electrons. The third-order valence-corrected chi connectivity index (χ3v) is 3.66. The summed E-state index contributed by atoms with van der Waals surface area (Å²) in [5.41, 5.74) is 0.914.